The van der Waals surface area contributed by atoms with Crippen LogP contribution in [-0.2, 0) is 0 Å². The molecule has 2 aromatic heterocycles. The van der Waals surface area contributed by atoms with Gasteiger partial charge in [0.25, 0.3) is 0 Å². The fraction of sp³-hybridized carbons (Fsp3) is 0.0500. The van der Waals surface area contributed by atoms with Crippen LogP contribution >= 0.6 is 0 Å². The molecule has 0 bridgehead atoms. The Bertz CT molecular complexity index is 1080. The minimum atomic E-state index is -0.426. The number of fused-ring (bicyclic) bond motifs is 1. The second-order valence-corrected chi connectivity index (χ2v) is 5.86. The highest BCUT2D eigenvalue weighted by atomic mass is 16.1. The Kier molecular flexibility index (Phi) is 3.74. The van der Waals surface area contributed by atoms with Gasteiger partial charge in [-0.15, -0.1) is 0 Å². The lowest BCUT2D eigenvalue weighted by Crippen LogP contribution is -2.13. The predicted octanol–water partition coefficient (Wildman–Crippen LogP) is 4.04. The molecule has 0 aliphatic heterocycles. The maximum Gasteiger partial charge on any atom is 0.348 e. The number of hydrogen-bond acceptors (Lipinski definition) is 4. The molecule has 0 fully saturated rings. The van der Waals surface area contributed by atoms with Crippen molar-refractivity contribution in [2.45, 2.75) is 6.92 Å². The largest absolute Gasteiger partial charge is 0.348 e. The number of rotatable bonds is 3. The maximum absolute atomic E-state index is 11.7. The van der Waals surface area contributed by atoms with Gasteiger partial charge in [-0.1, -0.05) is 42.0 Å². The first-order valence-corrected chi connectivity index (χ1v) is 7.98. The number of hydrogen-bond donors (Lipinski definition) is 2. The zero-order valence-electron chi connectivity index (χ0n) is 13.7. The summed E-state index contributed by atoms with van der Waals surface area (Å²) in [5.74, 6) is 0.589. The lowest BCUT2D eigenvalue weighted by molar-refractivity contribution is 1.10. The number of H-pyrrole nitrogens is 1. The van der Waals surface area contributed by atoms with Crippen LogP contribution in [0.25, 0.3) is 22.2 Å². The van der Waals surface area contributed by atoms with Gasteiger partial charge in [0.2, 0.25) is 0 Å². The monoisotopic (exact) mass is 328 g/mol. The number of aryl methyl sites for hydroxylation is 1. The zero-order chi connectivity index (χ0) is 17.2. The van der Waals surface area contributed by atoms with Crippen LogP contribution in [0.4, 0.5) is 11.5 Å². The van der Waals surface area contributed by atoms with Crippen molar-refractivity contribution in [3.8, 4) is 11.1 Å². The van der Waals surface area contributed by atoms with E-state index >= 15 is 0 Å². The van der Waals surface area contributed by atoms with E-state index in [-0.39, 0.29) is 0 Å². The summed E-state index contributed by atoms with van der Waals surface area (Å²) in [6.07, 6.45) is 1.62. The topological polar surface area (TPSA) is 70.7 Å². The second kappa shape index (κ2) is 6.20. The minimum absolute atomic E-state index is 0.421. The highest BCUT2D eigenvalue weighted by molar-refractivity contribution is 5.88. The van der Waals surface area contributed by atoms with E-state index in [9.17, 15) is 4.79 Å². The second-order valence-electron chi connectivity index (χ2n) is 5.86. The Labute approximate surface area is 144 Å². The van der Waals surface area contributed by atoms with Crippen molar-refractivity contribution in [3.63, 3.8) is 0 Å². The molecule has 5 nitrogen and oxygen atoms in total. The van der Waals surface area contributed by atoms with Crippen molar-refractivity contribution >= 4 is 22.5 Å². The summed E-state index contributed by atoms with van der Waals surface area (Å²) in [5, 5.41) is 4.01. The van der Waals surface area contributed by atoms with Crippen molar-refractivity contribution in [1.82, 2.24) is 15.0 Å². The van der Waals surface area contributed by atoms with Crippen LogP contribution in [-0.4, -0.2) is 15.0 Å². The molecule has 0 spiro atoms. The maximum atomic E-state index is 11.7. The van der Waals surface area contributed by atoms with E-state index in [1.54, 1.807) is 6.20 Å². The smallest absolute Gasteiger partial charge is 0.341 e. The van der Waals surface area contributed by atoms with Gasteiger partial charge in [-0.3, -0.25) is 4.98 Å². The molecule has 5 heteroatoms. The Morgan fingerprint density at radius 1 is 0.920 bits per heavy atom. The lowest BCUT2D eigenvalue weighted by Gasteiger charge is -2.09. The first-order chi connectivity index (χ1) is 12.2. The minimum Gasteiger partial charge on any atom is -0.341 e. The van der Waals surface area contributed by atoms with Gasteiger partial charge in [0, 0.05) is 11.9 Å². The highest BCUT2D eigenvalue weighted by Gasteiger charge is 2.06. The molecular weight excluding hydrogens is 312 g/mol. The summed E-state index contributed by atoms with van der Waals surface area (Å²) in [5.41, 5.74) is 4.42. The molecule has 0 aliphatic carbocycles. The average molecular weight is 328 g/mol. The van der Waals surface area contributed by atoms with Crippen LogP contribution in [0.15, 0.2) is 71.7 Å². The van der Waals surface area contributed by atoms with Crippen molar-refractivity contribution in [1.29, 1.82) is 0 Å². The van der Waals surface area contributed by atoms with E-state index < -0.39 is 5.69 Å². The number of aromatic nitrogens is 3. The van der Waals surface area contributed by atoms with Crippen molar-refractivity contribution in [3.05, 3.63) is 82.9 Å². The first-order valence-electron chi connectivity index (χ1n) is 7.98. The van der Waals surface area contributed by atoms with Gasteiger partial charge in [-0.05, 0) is 42.3 Å². The van der Waals surface area contributed by atoms with Gasteiger partial charge in [-0.25, -0.2) is 9.78 Å². The zero-order valence-corrected chi connectivity index (χ0v) is 13.7. The molecule has 4 rings (SSSR count). The Morgan fingerprint density at radius 3 is 2.32 bits per heavy atom. The van der Waals surface area contributed by atoms with E-state index in [4.69, 9.17) is 0 Å². The molecule has 25 heavy (non-hydrogen) atoms. The van der Waals surface area contributed by atoms with E-state index in [0.29, 0.717) is 11.5 Å². The molecule has 4 aromatic rings. The van der Waals surface area contributed by atoms with E-state index in [2.05, 4.69) is 51.5 Å². The number of aromatic amines is 1. The standard InChI is InChI=1S/C20H16N4O/c1-13-4-6-14(7-5-13)15-8-10-16(11-9-15)22-19-17-3-2-12-21-18(17)23-20(25)24-19/h2-12H,1H3,(H2,21,22,23,24,25). The van der Waals surface area contributed by atoms with E-state index in [1.807, 2.05) is 36.4 Å². The fourth-order valence-corrected chi connectivity index (χ4v) is 2.71. The van der Waals surface area contributed by atoms with Crippen LogP contribution in [0.3, 0.4) is 0 Å². The molecule has 0 radical (unpaired) electrons. The van der Waals surface area contributed by atoms with Crippen molar-refractivity contribution in [2.75, 3.05) is 5.32 Å². The summed E-state index contributed by atoms with van der Waals surface area (Å²) in [4.78, 5) is 22.5. The van der Waals surface area contributed by atoms with Crippen LogP contribution in [0.5, 0.6) is 0 Å². The van der Waals surface area contributed by atoms with Crippen LogP contribution in [0.2, 0.25) is 0 Å². The van der Waals surface area contributed by atoms with Gasteiger partial charge in [0.05, 0.1) is 5.39 Å². The number of nitrogens with zero attached hydrogens (tertiary/aromatic N) is 2. The van der Waals surface area contributed by atoms with Gasteiger partial charge in [0.1, 0.15) is 5.82 Å². The summed E-state index contributed by atoms with van der Waals surface area (Å²) in [6, 6.07) is 20.2. The molecule has 2 heterocycles. The lowest BCUT2D eigenvalue weighted by atomic mass is 10.0. The summed E-state index contributed by atoms with van der Waals surface area (Å²) >= 11 is 0. The van der Waals surface area contributed by atoms with Gasteiger partial charge in [-0.2, -0.15) is 4.98 Å². The SMILES string of the molecule is Cc1ccc(-c2ccc(Nc3[nH]c(=O)nc4ncccc34)cc2)cc1. The molecule has 2 N–H and O–H groups in total. The summed E-state index contributed by atoms with van der Waals surface area (Å²) in [6.45, 7) is 2.07. The number of nitrogens with one attached hydrogen (secondary N) is 2. The normalized spacial score (nSPS) is 10.8. The Balaban J connectivity index is 1.66. The third kappa shape index (κ3) is 3.12. The van der Waals surface area contributed by atoms with E-state index in [1.165, 1.54) is 11.1 Å². The van der Waals surface area contributed by atoms with Crippen molar-refractivity contribution in [2.24, 2.45) is 0 Å². The molecule has 0 aliphatic rings. The Hall–Kier alpha value is -3.47. The number of benzene rings is 2. The van der Waals surface area contributed by atoms with Gasteiger partial charge < -0.3 is 5.32 Å². The molecule has 2 aromatic carbocycles. The van der Waals surface area contributed by atoms with Crippen molar-refractivity contribution < 1.29 is 0 Å². The molecule has 0 atom stereocenters. The van der Waals surface area contributed by atoms with Crippen LogP contribution < -0.4 is 11.0 Å². The summed E-state index contributed by atoms with van der Waals surface area (Å²) < 4.78 is 0. The third-order valence-corrected chi connectivity index (χ3v) is 4.03. The molecule has 122 valence electrons. The fourth-order valence-electron chi connectivity index (χ4n) is 2.71. The first kappa shape index (κ1) is 15.1. The highest BCUT2D eigenvalue weighted by Crippen LogP contribution is 2.24. The van der Waals surface area contributed by atoms with E-state index in [0.717, 1.165) is 16.6 Å². The quantitative estimate of drug-likeness (QED) is 0.595. The van der Waals surface area contributed by atoms with Crippen LogP contribution in [0.1, 0.15) is 5.56 Å². The predicted molar refractivity (Wildman–Crippen MR) is 100 cm³/mol. The van der Waals surface area contributed by atoms with Gasteiger partial charge >= 0.3 is 5.69 Å². The molecule has 0 unspecified atom stereocenters. The Morgan fingerprint density at radius 2 is 1.60 bits per heavy atom. The molecule has 0 saturated heterocycles. The third-order valence-electron chi connectivity index (χ3n) is 4.03. The summed E-state index contributed by atoms with van der Waals surface area (Å²) in [7, 11) is 0. The molecule has 0 saturated carbocycles. The number of anilines is 2. The molecular formula is C20H16N4O. The average Bonchev–Trinajstić information content (AvgIpc) is 2.63. The van der Waals surface area contributed by atoms with Gasteiger partial charge in [0.15, 0.2) is 5.65 Å². The number of pyridine rings is 1. The van der Waals surface area contributed by atoms with Crippen LogP contribution in [0, 0.1) is 6.92 Å². The molecule has 0 amide bonds.